The molecule has 0 saturated heterocycles. The van der Waals surface area contributed by atoms with Gasteiger partial charge in [-0.2, -0.15) is 0 Å². The molecule has 1 amide bonds. The van der Waals surface area contributed by atoms with Gasteiger partial charge in [-0.3, -0.25) is 14.5 Å². The summed E-state index contributed by atoms with van der Waals surface area (Å²) in [5.41, 5.74) is 1.81. The Morgan fingerprint density at radius 3 is 1.77 bits per heavy atom. The van der Waals surface area contributed by atoms with Crippen molar-refractivity contribution in [3.05, 3.63) is 35.9 Å². The van der Waals surface area contributed by atoms with E-state index in [1.807, 2.05) is 6.07 Å². The number of benzene rings is 1. The van der Waals surface area contributed by atoms with Crippen molar-refractivity contribution in [2.24, 2.45) is 5.73 Å². The summed E-state index contributed by atoms with van der Waals surface area (Å²) in [7, 11) is 0. The first-order chi connectivity index (χ1) is 18.3. The van der Waals surface area contributed by atoms with E-state index in [0.717, 1.165) is 4.90 Å². The lowest BCUT2D eigenvalue weighted by Crippen LogP contribution is -2.61. The van der Waals surface area contributed by atoms with Crippen LogP contribution in [0.15, 0.2) is 30.3 Å². The molecule has 0 bridgehead atoms. The fourth-order valence-electron chi connectivity index (χ4n) is 3.85. The van der Waals surface area contributed by atoms with Crippen molar-refractivity contribution < 1.29 is 38.1 Å². The number of carbonyl (C=O) groups is 4. The molecule has 0 aliphatic rings. The van der Waals surface area contributed by atoms with Gasteiger partial charge >= 0.3 is 24.0 Å². The van der Waals surface area contributed by atoms with E-state index in [1.54, 1.807) is 86.6 Å². The van der Waals surface area contributed by atoms with Crippen LogP contribution < -0.4 is 5.73 Å². The summed E-state index contributed by atoms with van der Waals surface area (Å²) in [6, 6.07) is 8.96. The zero-order chi connectivity index (χ0) is 30.8. The zero-order valence-electron chi connectivity index (χ0n) is 25.6. The standard InChI is InChI=1S/C30H48N2O8/c1-27(2,3)38-23(33)19-30(17-13-14-18-31,25(35)40-29(7,8)9)32(20-24(34)39-28(4,5)6)26(36)37-21-22-15-11-10-12-16-22/h10-12,15-16H,13-14,17-21,31H2,1-9H3/t30-/m1/s1. The first-order valence-electron chi connectivity index (χ1n) is 13.6. The van der Waals surface area contributed by atoms with E-state index in [1.165, 1.54) is 0 Å². The molecule has 10 nitrogen and oxygen atoms in total. The van der Waals surface area contributed by atoms with Gasteiger partial charge in [-0.1, -0.05) is 30.3 Å². The van der Waals surface area contributed by atoms with Crippen LogP contribution in [0.1, 0.15) is 93.6 Å². The fraction of sp³-hybridized carbons (Fsp3) is 0.667. The SMILES string of the molecule is CC(C)(C)OC(=O)CN(C(=O)OCc1ccccc1)[C@](CCCCN)(CC(=O)OC(C)(C)C)C(=O)OC(C)(C)C. The van der Waals surface area contributed by atoms with Gasteiger partial charge in [-0.25, -0.2) is 9.59 Å². The van der Waals surface area contributed by atoms with E-state index in [2.05, 4.69) is 0 Å². The number of nitrogens with zero attached hydrogens (tertiary/aromatic N) is 1. The average Bonchev–Trinajstić information content (AvgIpc) is 2.77. The molecule has 40 heavy (non-hydrogen) atoms. The maximum atomic E-state index is 14.0. The highest BCUT2D eigenvalue weighted by Gasteiger charge is 2.52. The Labute approximate surface area is 238 Å². The van der Waals surface area contributed by atoms with Gasteiger partial charge in [0.1, 0.15) is 30.0 Å². The lowest BCUT2D eigenvalue weighted by atomic mass is 9.86. The van der Waals surface area contributed by atoms with E-state index < -0.39 is 59.3 Å². The summed E-state index contributed by atoms with van der Waals surface area (Å²) in [6.45, 7) is 14.7. The van der Waals surface area contributed by atoms with Crippen molar-refractivity contribution in [1.29, 1.82) is 0 Å². The molecule has 10 heteroatoms. The number of amides is 1. The number of nitrogens with two attached hydrogens (primary N) is 1. The Balaban J connectivity index is 3.69. The lowest BCUT2D eigenvalue weighted by molar-refractivity contribution is -0.179. The molecule has 0 aliphatic heterocycles. The Bertz CT molecular complexity index is 990. The van der Waals surface area contributed by atoms with Crippen LogP contribution in [-0.4, -0.2) is 64.3 Å². The quantitative estimate of drug-likeness (QED) is 0.213. The second-order valence-corrected chi connectivity index (χ2v) is 12.8. The summed E-state index contributed by atoms with van der Waals surface area (Å²) in [5, 5.41) is 0. The van der Waals surface area contributed by atoms with Crippen molar-refractivity contribution in [3.8, 4) is 0 Å². The normalized spacial score (nSPS) is 13.6. The molecule has 1 aromatic rings. The molecule has 0 fully saturated rings. The number of unbranched alkanes of at least 4 members (excludes halogenated alkanes) is 1. The van der Waals surface area contributed by atoms with E-state index in [4.69, 9.17) is 24.7 Å². The minimum absolute atomic E-state index is 0.0262. The third kappa shape index (κ3) is 12.8. The maximum Gasteiger partial charge on any atom is 0.411 e. The Morgan fingerprint density at radius 2 is 1.27 bits per heavy atom. The van der Waals surface area contributed by atoms with Gasteiger partial charge in [0.15, 0.2) is 5.54 Å². The average molecular weight is 565 g/mol. The van der Waals surface area contributed by atoms with Crippen molar-refractivity contribution >= 4 is 24.0 Å². The minimum atomic E-state index is -1.94. The van der Waals surface area contributed by atoms with Gasteiger partial charge in [-0.15, -0.1) is 0 Å². The number of ether oxygens (including phenoxy) is 4. The molecular weight excluding hydrogens is 516 g/mol. The maximum absolute atomic E-state index is 14.0. The second-order valence-electron chi connectivity index (χ2n) is 12.8. The highest BCUT2D eigenvalue weighted by Crippen LogP contribution is 2.33. The molecular formula is C30H48N2O8. The molecule has 0 aromatic heterocycles. The molecule has 1 rings (SSSR count). The van der Waals surface area contributed by atoms with Crippen molar-refractivity contribution in [2.75, 3.05) is 13.1 Å². The van der Waals surface area contributed by atoms with Crippen LogP contribution in [0, 0.1) is 0 Å². The van der Waals surface area contributed by atoms with Crippen LogP contribution >= 0.6 is 0 Å². The van der Waals surface area contributed by atoms with E-state index >= 15 is 0 Å². The second kappa shape index (κ2) is 14.5. The van der Waals surface area contributed by atoms with Crippen LogP contribution in [-0.2, 0) is 39.9 Å². The molecule has 0 aliphatic carbocycles. The van der Waals surface area contributed by atoms with Crippen LogP contribution in [0.3, 0.4) is 0 Å². The summed E-state index contributed by atoms with van der Waals surface area (Å²) in [4.78, 5) is 55.0. The summed E-state index contributed by atoms with van der Waals surface area (Å²) in [6.07, 6.45) is -0.709. The predicted octanol–water partition coefficient (Wildman–Crippen LogP) is 4.91. The van der Waals surface area contributed by atoms with Crippen LogP contribution in [0.5, 0.6) is 0 Å². The topological polar surface area (TPSA) is 134 Å². The molecule has 0 spiro atoms. The minimum Gasteiger partial charge on any atom is -0.460 e. The smallest absolute Gasteiger partial charge is 0.411 e. The highest BCUT2D eigenvalue weighted by atomic mass is 16.6. The van der Waals surface area contributed by atoms with Gasteiger partial charge in [0.2, 0.25) is 0 Å². The van der Waals surface area contributed by atoms with Gasteiger partial charge in [-0.05, 0) is 93.7 Å². The number of hydrogen-bond donors (Lipinski definition) is 1. The third-order valence-electron chi connectivity index (χ3n) is 5.33. The number of esters is 3. The molecule has 0 saturated carbocycles. The van der Waals surface area contributed by atoms with Gasteiger partial charge < -0.3 is 24.7 Å². The molecule has 0 heterocycles. The number of carbonyl (C=O) groups excluding carboxylic acids is 4. The molecule has 0 unspecified atom stereocenters. The van der Waals surface area contributed by atoms with Crippen LogP contribution in [0.2, 0.25) is 0 Å². The number of rotatable bonds is 12. The monoisotopic (exact) mass is 564 g/mol. The Hall–Kier alpha value is -3.14. The van der Waals surface area contributed by atoms with Gasteiger partial charge in [0.05, 0.1) is 6.42 Å². The van der Waals surface area contributed by atoms with E-state index in [-0.39, 0.29) is 13.0 Å². The van der Waals surface area contributed by atoms with Crippen LogP contribution in [0.4, 0.5) is 4.79 Å². The summed E-state index contributed by atoms with van der Waals surface area (Å²) in [5.74, 6) is -2.38. The summed E-state index contributed by atoms with van der Waals surface area (Å²) >= 11 is 0. The highest BCUT2D eigenvalue weighted by molar-refractivity contribution is 5.92. The number of hydrogen-bond acceptors (Lipinski definition) is 9. The summed E-state index contributed by atoms with van der Waals surface area (Å²) < 4.78 is 22.4. The van der Waals surface area contributed by atoms with Crippen LogP contribution in [0.25, 0.3) is 0 Å². The predicted molar refractivity (Wildman–Crippen MR) is 151 cm³/mol. The molecule has 1 atom stereocenters. The lowest BCUT2D eigenvalue weighted by Gasteiger charge is -2.42. The first kappa shape index (κ1) is 34.9. The van der Waals surface area contributed by atoms with Crippen molar-refractivity contribution in [3.63, 3.8) is 0 Å². The Kier molecular flexibility index (Phi) is 12.6. The van der Waals surface area contributed by atoms with Crippen molar-refractivity contribution in [1.82, 2.24) is 4.90 Å². The molecule has 2 N–H and O–H groups in total. The third-order valence-corrected chi connectivity index (χ3v) is 5.33. The molecule has 0 radical (unpaired) electrons. The zero-order valence-corrected chi connectivity index (χ0v) is 25.6. The largest absolute Gasteiger partial charge is 0.460 e. The van der Waals surface area contributed by atoms with Gasteiger partial charge in [0.25, 0.3) is 0 Å². The van der Waals surface area contributed by atoms with E-state index in [0.29, 0.717) is 24.9 Å². The van der Waals surface area contributed by atoms with E-state index in [9.17, 15) is 19.2 Å². The van der Waals surface area contributed by atoms with Gasteiger partial charge in [0, 0.05) is 0 Å². The molecule has 226 valence electrons. The fourth-order valence-corrected chi connectivity index (χ4v) is 3.85. The first-order valence-corrected chi connectivity index (χ1v) is 13.6. The van der Waals surface area contributed by atoms with Crippen molar-refractivity contribution in [2.45, 2.75) is 117 Å². The molecule has 1 aromatic carbocycles. The Morgan fingerprint density at radius 1 is 0.750 bits per heavy atom.